The van der Waals surface area contributed by atoms with Crippen LogP contribution in [0.5, 0.6) is 5.75 Å². The predicted molar refractivity (Wildman–Crippen MR) is 123 cm³/mol. The van der Waals surface area contributed by atoms with Crippen molar-refractivity contribution in [2.45, 2.75) is 19.9 Å². The quantitative estimate of drug-likeness (QED) is 0.416. The van der Waals surface area contributed by atoms with E-state index >= 15 is 0 Å². The Balaban J connectivity index is 1.27. The molecule has 0 aliphatic carbocycles. The number of benzene rings is 2. The molecule has 0 atom stereocenters. The first-order valence-corrected chi connectivity index (χ1v) is 10.9. The number of nitrogens with one attached hydrogen (secondary N) is 2. The molecule has 0 saturated heterocycles. The number of hydrogen-bond acceptors (Lipinski definition) is 7. The number of carbonyl (C=O) groups excluding carboxylic acids is 1. The van der Waals surface area contributed by atoms with Gasteiger partial charge >= 0.3 is 0 Å². The molecule has 31 heavy (non-hydrogen) atoms. The van der Waals surface area contributed by atoms with Gasteiger partial charge in [-0.25, -0.2) is 0 Å². The third-order valence-corrected chi connectivity index (χ3v) is 5.59. The van der Waals surface area contributed by atoms with E-state index in [1.165, 1.54) is 11.3 Å². The normalized spacial score (nSPS) is 10.7. The number of hydrogen-bond donors (Lipinski definition) is 2. The molecule has 2 heterocycles. The number of fused-ring (bicyclic) bond motifs is 1. The monoisotopic (exact) mass is 452 g/mol. The number of thiocarbonyl (C=S) groups is 1. The number of nitrogens with zero attached hydrogens (tertiary/aromatic N) is 4. The molecule has 10 heteroatoms. The first-order chi connectivity index (χ1) is 15.1. The lowest BCUT2D eigenvalue weighted by molar-refractivity contribution is -0.121. The van der Waals surface area contributed by atoms with Crippen LogP contribution < -0.4 is 15.4 Å². The number of rotatable bonds is 7. The summed E-state index contributed by atoms with van der Waals surface area (Å²) >= 11 is 6.69. The molecule has 4 rings (SSSR count). The standard InChI is InChI=1S/C21H20N6O2S2/c1-2-17-24-25-21-27(17)26-19(31-21)15-10-8-14(9-11-15)12-22-20(30)23-18(28)13-29-16-6-4-3-5-7-16/h3-11H,2,12-13H2,1H3,(H2,22,23,28,30). The van der Waals surface area contributed by atoms with Crippen molar-refractivity contribution >= 4 is 39.5 Å². The molecule has 0 aliphatic rings. The van der Waals surface area contributed by atoms with Gasteiger partial charge < -0.3 is 15.4 Å². The Kier molecular flexibility index (Phi) is 6.48. The zero-order chi connectivity index (χ0) is 21.6. The summed E-state index contributed by atoms with van der Waals surface area (Å²) in [5.41, 5.74) is 2.04. The Labute approximate surface area is 188 Å². The zero-order valence-corrected chi connectivity index (χ0v) is 18.4. The lowest BCUT2D eigenvalue weighted by Crippen LogP contribution is -2.41. The van der Waals surface area contributed by atoms with E-state index in [-0.39, 0.29) is 17.6 Å². The van der Waals surface area contributed by atoms with Crippen LogP contribution in [0.15, 0.2) is 54.6 Å². The van der Waals surface area contributed by atoms with Crippen LogP contribution in [0.1, 0.15) is 18.3 Å². The van der Waals surface area contributed by atoms with Crippen molar-refractivity contribution in [3.8, 4) is 16.3 Å². The van der Waals surface area contributed by atoms with E-state index in [9.17, 15) is 4.79 Å². The van der Waals surface area contributed by atoms with E-state index in [0.29, 0.717) is 12.3 Å². The van der Waals surface area contributed by atoms with Gasteiger partial charge in [-0.1, -0.05) is 60.7 Å². The number of ether oxygens (including phenoxy) is 1. The summed E-state index contributed by atoms with van der Waals surface area (Å²) < 4.78 is 7.19. The molecular weight excluding hydrogens is 432 g/mol. The van der Waals surface area contributed by atoms with Crippen molar-refractivity contribution in [3.05, 3.63) is 66.0 Å². The average molecular weight is 453 g/mol. The van der Waals surface area contributed by atoms with Gasteiger partial charge in [0.15, 0.2) is 17.5 Å². The minimum absolute atomic E-state index is 0.104. The minimum atomic E-state index is -0.313. The van der Waals surface area contributed by atoms with E-state index in [1.807, 2.05) is 49.4 Å². The molecule has 158 valence electrons. The molecule has 2 aromatic carbocycles. The predicted octanol–water partition coefficient (Wildman–Crippen LogP) is 2.98. The number of amides is 1. The van der Waals surface area contributed by atoms with Gasteiger partial charge in [0.1, 0.15) is 10.8 Å². The fourth-order valence-electron chi connectivity index (χ4n) is 2.81. The van der Waals surface area contributed by atoms with Crippen molar-refractivity contribution in [3.63, 3.8) is 0 Å². The maximum Gasteiger partial charge on any atom is 0.264 e. The van der Waals surface area contributed by atoms with Gasteiger partial charge in [0.05, 0.1) is 0 Å². The number of aryl methyl sites for hydroxylation is 1. The van der Waals surface area contributed by atoms with Crippen LogP contribution in [-0.2, 0) is 17.8 Å². The second-order valence-electron chi connectivity index (χ2n) is 6.60. The molecular formula is C21H20N6O2S2. The van der Waals surface area contributed by atoms with Crippen LogP contribution >= 0.6 is 23.6 Å². The highest BCUT2D eigenvalue weighted by molar-refractivity contribution is 7.80. The van der Waals surface area contributed by atoms with E-state index in [4.69, 9.17) is 17.0 Å². The van der Waals surface area contributed by atoms with Gasteiger partial charge in [0, 0.05) is 18.5 Å². The molecule has 8 nitrogen and oxygen atoms in total. The third-order valence-electron chi connectivity index (χ3n) is 4.39. The molecule has 0 spiro atoms. The Hall–Kier alpha value is -3.37. The molecule has 0 bridgehead atoms. The second kappa shape index (κ2) is 9.63. The van der Waals surface area contributed by atoms with Gasteiger partial charge in [-0.15, -0.1) is 10.2 Å². The fourth-order valence-corrected chi connectivity index (χ4v) is 3.86. The summed E-state index contributed by atoms with van der Waals surface area (Å²) in [6.07, 6.45) is 0.782. The maximum atomic E-state index is 12.0. The van der Waals surface area contributed by atoms with Gasteiger partial charge in [-0.2, -0.15) is 9.61 Å². The van der Waals surface area contributed by atoms with Gasteiger partial charge in [-0.05, 0) is 29.9 Å². The molecule has 0 saturated carbocycles. The zero-order valence-electron chi connectivity index (χ0n) is 16.7. The number of para-hydroxylation sites is 1. The smallest absolute Gasteiger partial charge is 0.264 e. The van der Waals surface area contributed by atoms with Crippen molar-refractivity contribution in [2.75, 3.05) is 6.61 Å². The van der Waals surface area contributed by atoms with Crippen LogP contribution in [0.3, 0.4) is 0 Å². The Morgan fingerprint density at radius 3 is 2.65 bits per heavy atom. The average Bonchev–Trinajstić information content (AvgIpc) is 3.38. The second-order valence-corrected chi connectivity index (χ2v) is 7.97. The first kappa shape index (κ1) is 20.9. The SMILES string of the molecule is CCc1nnc2sc(-c3ccc(CNC(=S)NC(=O)COc4ccccc4)cc3)nn12. The minimum Gasteiger partial charge on any atom is -0.484 e. The molecule has 0 radical (unpaired) electrons. The summed E-state index contributed by atoms with van der Waals surface area (Å²) in [7, 11) is 0. The topological polar surface area (TPSA) is 93.4 Å². The van der Waals surface area contributed by atoms with Crippen molar-refractivity contribution in [2.24, 2.45) is 0 Å². The van der Waals surface area contributed by atoms with Crippen molar-refractivity contribution in [1.29, 1.82) is 0 Å². The highest BCUT2D eigenvalue weighted by Crippen LogP contribution is 2.25. The lowest BCUT2D eigenvalue weighted by atomic mass is 10.1. The van der Waals surface area contributed by atoms with Crippen molar-refractivity contribution in [1.82, 2.24) is 30.4 Å². The summed E-state index contributed by atoms with van der Waals surface area (Å²) in [5, 5.41) is 19.7. The van der Waals surface area contributed by atoms with E-state index in [2.05, 4.69) is 25.9 Å². The fraction of sp³-hybridized carbons (Fsp3) is 0.190. The van der Waals surface area contributed by atoms with Gasteiger partial charge in [0.2, 0.25) is 4.96 Å². The molecule has 0 fully saturated rings. The number of aromatic nitrogens is 4. The van der Waals surface area contributed by atoms with E-state index < -0.39 is 0 Å². The summed E-state index contributed by atoms with van der Waals surface area (Å²) in [4.78, 5) is 12.7. The summed E-state index contributed by atoms with van der Waals surface area (Å²) in [6, 6.07) is 17.1. The molecule has 0 unspecified atom stereocenters. The summed E-state index contributed by atoms with van der Waals surface area (Å²) in [6.45, 7) is 2.41. The third kappa shape index (κ3) is 5.22. The van der Waals surface area contributed by atoms with Crippen LogP contribution in [0.2, 0.25) is 0 Å². The molecule has 2 aromatic heterocycles. The molecule has 0 aliphatic heterocycles. The highest BCUT2D eigenvalue weighted by atomic mass is 32.1. The number of carbonyl (C=O) groups is 1. The molecule has 1 amide bonds. The van der Waals surface area contributed by atoms with Crippen LogP contribution in [0.4, 0.5) is 0 Å². The first-order valence-electron chi connectivity index (χ1n) is 9.68. The Bertz CT molecular complexity index is 1190. The highest BCUT2D eigenvalue weighted by Gasteiger charge is 2.12. The molecule has 4 aromatic rings. The van der Waals surface area contributed by atoms with Crippen LogP contribution in [0, 0.1) is 0 Å². The van der Waals surface area contributed by atoms with Gasteiger partial charge in [0.25, 0.3) is 5.91 Å². The molecule has 2 N–H and O–H groups in total. The lowest BCUT2D eigenvalue weighted by Gasteiger charge is -2.10. The van der Waals surface area contributed by atoms with Crippen LogP contribution in [0.25, 0.3) is 15.5 Å². The van der Waals surface area contributed by atoms with Crippen LogP contribution in [-0.4, -0.2) is 37.4 Å². The van der Waals surface area contributed by atoms with E-state index in [1.54, 1.807) is 16.6 Å². The summed E-state index contributed by atoms with van der Waals surface area (Å²) in [5.74, 6) is 1.17. The van der Waals surface area contributed by atoms with Crippen molar-refractivity contribution < 1.29 is 9.53 Å². The Morgan fingerprint density at radius 2 is 1.90 bits per heavy atom. The largest absolute Gasteiger partial charge is 0.484 e. The maximum absolute atomic E-state index is 12.0. The van der Waals surface area contributed by atoms with E-state index in [0.717, 1.165) is 33.3 Å². The Morgan fingerprint density at radius 1 is 1.13 bits per heavy atom. The van der Waals surface area contributed by atoms with Gasteiger partial charge in [-0.3, -0.25) is 4.79 Å².